The van der Waals surface area contributed by atoms with Gasteiger partial charge in [0.1, 0.15) is 0 Å². The molecule has 0 radical (unpaired) electrons. The molecule has 0 atom stereocenters. The van der Waals surface area contributed by atoms with Gasteiger partial charge in [-0.1, -0.05) is 60.7 Å². The number of rotatable bonds is 3. The van der Waals surface area contributed by atoms with Crippen LogP contribution in [0.2, 0.25) is 0 Å². The van der Waals surface area contributed by atoms with Gasteiger partial charge in [0, 0.05) is 21.8 Å². The molecule has 0 bridgehead atoms. The number of hydrogen-bond donors (Lipinski definition) is 1. The molecule has 1 N–H and O–H groups in total. The minimum Gasteiger partial charge on any atom is -0.354 e. The van der Waals surface area contributed by atoms with Crippen LogP contribution in [-0.2, 0) is 0 Å². The van der Waals surface area contributed by atoms with Crippen LogP contribution in [0.5, 0.6) is 0 Å². The van der Waals surface area contributed by atoms with Crippen LogP contribution in [0.1, 0.15) is 25.0 Å². The highest BCUT2D eigenvalue weighted by Crippen LogP contribution is 2.34. The SMILES string of the molecule is C=C/C=C\C(=C(C)C)c1ccc2cc3[nH]c4ccccc4c3cc2c1C. The molecule has 3 aromatic carbocycles. The zero-order valence-electron chi connectivity index (χ0n) is 15.6. The van der Waals surface area contributed by atoms with Gasteiger partial charge in [-0.2, -0.15) is 0 Å². The maximum Gasteiger partial charge on any atom is 0.0471 e. The van der Waals surface area contributed by atoms with Crippen molar-refractivity contribution in [2.75, 3.05) is 0 Å². The van der Waals surface area contributed by atoms with Gasteiger partial charge in [0.05, 0.1) is 0 Å². The average molecular weight is 337 g/mol. The third-order valence-corrected chi connectivity index (χ3v) is 5.14. The highest BCUT2D eigenvalue weighted by molar-refractivity contribution is 6.12. The van der Waals surface area contributed by atoms with E-state index in [2.05, 4.69) is 86.9 Å². The molecule has 4 rings (SSSR count). The second-order valence-corrected chi connectivity index (χ2v) is 7.04. The molecule has 0 saturated carbocycles. The number of allylic oxidation sites excluding steroid dienone is 5. The van der Waals surface area contributed by atoms with E-state index < -0.39 is 0 Å². The first-order valence-electron chi connectivity index (χ1n) is 9.01. The van der Waals surface area contributed by atoms with Crippen LogP contribution in [-0.4, -0.2) is 4.98 Å². The van der Waals surface area contributed by atoms with Gasteiger partial charge in [0.25, 0.3) is 0 Å². The lowest BCUT2D eigenvalue weighted by molar-refractivity contribution is 1.37. The Kier molecular flexibility index (Phi) is 4.00. The molecule has 1 heterocycles. The number of aromatic amines is 1. The van der Waals surface area contributed by atoms with E-state index in [1.54, 1.807) is 0 Å². The fourth-order valence-electron chi connectivity index (χ4n) is 3.80. The van der Waals surface area contributed by atoms with E-state index in [-0.39, 0.29) is 0 Å². The van der Waals surface area contributed by atoms with Crippen molar-refractivity contribution >= 4 is 38.2 Å². The Morgan fingerprint density at radius 3 is 2.50 bits per heavy atom. The highest BCUT2D eigenvalue weighted by Gasteiger charge is 2.11. The summed E-state index contributed by atoms with van der Waals surface area (Å²) in [6.07, 6.45) is 5.99. The standard InChI is InChI=1S/C25H23N/c1-5-6-9-19(16(2)3)20-13-12-18-14-25-23(15-22(18)17(20)4)21-10-7-8-11-24(21)26-25/h5-15,26H,1H2,2-4H3/b9-6-. The van der Waals surface area contributed by atoms with E-state index >= 15 is 0 Å². The molecule has 0 saturated heterocycles. The van der Waals surface area contributed by atoms with E-state index in [1.807, 2.05) is 12.2 Å². The minimum atomic E-state index is 1.19. The molecule has 0 aliphatic rings. The third kappa shape index (κ3) is 2.57. The summed E-state index contributed by atoms with van der Waals surface area (Å²) in [6.45, 7) is 10.4. The number of para-hydroxylation sites is 1. The second-order valence-electron chi connectivity index (χ2n) is 7.04. The van der Waals surface area contributed by atoms with Gasteiger partial charge < -0.3 is 4.98 Å². The van der Waals surface area contributed by atoms with Crippen LogP contribution in [0, 0.1) is 6.92 Å². The number of hydrogen-bond acceptors (Lipinski definition) is 0. The Labute approximate surface area is 154 Å². The van der Waals surface area contributed by atoms with Gasteiger partial charge in [-0.05, 0) is 66.4 Å². The zero-order valence-corrected chi connectivity index (χ0v) is 15.6. The van der Waals surface area contributed by atoms with Gasteiger partial charge >= 0.3 is 0 Å². The van der Waals surface area contributed by atoms with Gasteiger partial charge in [0.15, 0.2) is 0 Å². The van der Waals surface area contributed by atoms with Crippen LogP contribution in [0.4, 0.5) is 0 Å². The molecule has 1 nitrogen and oxygen atoms in total. The molecule has 4 aromatic rings. The van der Waals surface area contributed by atoms with E-state index in [1.165, 1.54) is 54.9 Å². The molecule has 0 aliphatic heterocycles. The Morgan fingerprint density at radius 1 is 0.923 bits per heavy atom. The summed E-state index contributed by atoms with van der Waals surface area (Å²) in [4.78, 5) is 3.54. The molecule has 0 aliphatic carbocycles. The molecule has 26 heavy (non-hydrogen) atoms. The Balaban J connectivity index is 2.04. The van der Waals surface area contributed by atoms with Crippen LogP contribution < -0.4 is 0 Å². The van der Waals surface area contributed by atoms with E-state index in [9.17, 15) is 0 Å². The maximum absolute atomic E-state index is 3.80. The fourth-order valence-corrected chi connectivity index (χ4v) is 3.80. The maximum atomic E-state index is 3.80. The Hall–Kier alpha value is -3.06. The number of benzene rings is 3. The number of fused-ring (bicyclic) bond motifs is 4. The average Bonchev–Trinajstić information content (AvgIpc) is 2.99. The fraction of sp³-hybridized carbons (Fsp3) is 0.120. The Morgan fingerprint density at radius 2 is 1.73 bits per heavy atom. The topological polar surface area (TPSA) is 15.8 Å². The summed E-state index contributed by atoms with van der Waals surface area (Å²) in [7, 11) is 0. The number of aromatic nitrogens is 1. The number of aryl methyl sites for hydroxylation is 1. The molecule has 0 unspecified atom stereocenters. The van der Waals surface area contributed by atoms with E-state index in [0.717, 1.165) is 0 Å². The summed E-state index contributed by atoms with van der Waals surface area (Å²) >= 11 is 0. The predicted molar refractivity (Wildman–Crippen MR) is 116 cm³/mol. The summed E-state index contributed by atoms with van der Waals surface area (Å²) in [6, 6.07) is 17.6. The van der Waals surface area contributed by atoms with Gasteiger partial charge in [0.2, 0.25) is 0 Å². The molecule has 0 spiro atoms. The first-order valence-corrected chi connectivity index (χ1v) is 9.01. The number of nitrogens with one attached hydrogen (secondary N) is 1. The lowest BCUT2D eigenvalue weighted by atomic mass is 9.92. The van der Waals surface area contributed by atoms with Crippen molar-refractivity contribution in [1.82, 2.24) is 4.98 Å². The Bertz CT molecular complexity index is 1210. The monoisotopic (exact) mass is 337 g/mol. The summed E-state index contributed by atoms with van der Waals surface area (Å²) in [5, 5.41) is 5.15. The first kappa shape index (κ1) is 16.4. The quantitative estimate of drug-likeness (QED) is 0.377. The molecule has 0 fully saturated rings. The van der Waals surface area contributed by atoms with Crippen molar-refractivity contribution in [3.8, 4) is 0 Å². The van der Waals surface area contributed by atoms with Crippen molar-refractivity contribution in [2.45, 2.75) is 20.8 Å². The van der Waals surface area contributed by atoms with Crippen molar-refractivity contribution in [3.05, 3.63) is 90.0 Å². The van der Waals surface area contributed by atoms with E-state index in [4.69, 9.17) is 0 Å². The zero-order chi connectivity index (χ0) is 18.3. The minimum absolute atomic E-state index is 1.19. The van der Waals surface area contributed by atoms with Crippen LogP contribution in [0.3, 0.4) is 0 Å². The molecular weight excluding hydrogens is 314 g/mol. The molecular formula is C25H23N. The molecule has 1 aromatic heterocycles. The smallest absolute Gasteiger partial charge is 0.0471 e. The van der Waals surface area contributed by atoms with Crippen LogP contribution in [0.15, 0.2) is 78.9 Å². The third-order valence-electron chi connectivity index (χ3n) is 5.14. The number of H-pyrrole nitrogens is 1. The predicted octanol–water partition coefficient (Wildman–Crippen LogP) is 7.32. The van der Waals surface area contributed by atoms with Crippen LogP contribution >= 0.6 is 0 Å². The summed E-state index contributed by atoms with van der Waals surface area (Å²) in [5.74, 6) is 0. The van der Waals surface area contributed by atoms with E-state index in [0.29, 0.717) is 0 Å². The highest BCUT2D eigenvalue weighted by atomic mass is 14.7. The van der Waals surface area contributed by atoms with Gasteiger partial charge in [-0.15, -0.1) is 0 Å². The first-order chi connectivity index (χ1) is 12.6. The summed E-state index contributed by atoms with van der Waals surface area (Å²) in [5.41, 5.74) is 7.56. The lowest BCUT2D eigenvalue weighted by Gasteiger charge is -2.13. The largest absolute Gasteiger partial charge is 0.354 e. The molecule has 128 valence electrons. The molecule has 1 heteroatoms. The normalized spacial score (nSPS) is 11.7. The van der Waals surface area contributed by atoms with Gasteiger partial charge in [-0.3, -0.25) is 0 Å². The second kappa shape index (κ2) is 6.34. The van der Waals surface area contributed by atoms with Crippen molar-refractivity contribution in [2.24, 2.45) is 0 Å². The van der Waals surface area contributed by atoms with Crippen LogP contribution in [0.25, 0.3) is 38.2 Å². The van der Waals surface area contributed by atoms with Crippen molar-refractivity contribution in [3.63, 3.8) is 0 Å². The van der Waals surface area contributed by atoms with Crippen molar-refractivity contribution < 1.29 is 0 Å². The lowest BCUT2D eigenvalue weighted by Crippen LogP contribution is -1.91. The van der Waals surface area contributed by atoms with Crippen molar-refractivity contribution in [1.29, 1.82) is 0 Å². The molecule has 0 amide bonds. The summed E-state index contributed by atoms with van der Waals surface area (Å²) < 4.78 is 0. The van der Waals surface area contributed by atoms with Gasteiger partial charge in [-0.25, -0.2) is 0 Å².